The Labute approximate surface area is 171 Å². The third-order valence-electron chi connectivity index (χ3n) is 4.74. The molecule has 0 spiro atoms. The van der Waals surface area contributed by atoms with Gasteiger partial charge in [-0.15, -0.1) is 11.3 Å². The van der Waals surface area contributed by atoms with Gasteiger partial charge in [0.1, 0.15) is 0 Å². The summed E-state index contributed by atoms with van der Waals surface area (Å²) in [5.74, 6) is 0.105. The normalized spacial score (nSPS) is 10.8. The molecule has 4 nitrogen and oxygen atoms in total. The van der Waals surface area contributed by atoms with Gasteiger partial charge < -0.3 is 9.80 Å². The molecule has 1 heterocycles. The minimum Gasteiger partial charge on any atom is -0.378 e. The number of benzene rings is 2. The minimum absolute atomic E-state index is 0.105. The summed E-state index contributed by atoms with van der Waals surface area (Å²) in [4.78, 5) is 22.4. The van der Waals surface area contributed by atoms with Crippen LogP contribution in [-0.2, 0) is 17.8 Å². The van der Waals surface area contributed by atoms with Crippen molar-refractivity contribution in [3.63, 3.8) is 0 Å². The highest BCUT2D eigenvalue weighted by Gasteiger charge is 2.17. The lowest BCUT2D eigenvalue weighted by atomic mass is 10.1. The van der Waals surface area contributed by atoms with Crippen molar-refractivity contribution in [3.05, 3.63) is 69.5 Å². The maximum atomic E-state index is 12.8. The summed E-state index contributed by atoms with van der Waals surface area (Å²) in [6.45, 7) is 4.66. The summed E-state index contributed by atoms with van der Waals surface area (Å²) in [6, 6.07) is 16.6. The van der Waals surface area contributed by atoms with Gasteiger partial charge in [0, 0.05) is 43.8 Å². The summed E-state index contributed by atoms with van der Waals surface area (Å²) in [5, 5.41) is 0.986. The monoisotopic (exact) mass is 393 g/mol. The lowest BCUT2D eigenvalue weighted by molar-refractivity contribution is -0.129. The van der Waals surface area contributed by atoms with Crippen LogP contribution in [-0.4, -0.2) is 36.9 Å². The smallest absolute Gasteiger partial charge is 0.227 e. The number of hydrogen-bond donors (Lipinski definition) is 0. The summed E-state index contributed by atoms with van der Waals surface area (Å²) in [6.07, 6.45) is 0.376. The number of nitrogens with zero attached hydrogens (tertiary/aromatic N) is 3. The first-order chi connectivity index (χ1) is 13.3. The highest BCUT2D eigenvalue weighted by Crippen LogP contribution is 2.29. The zero-order chi connectivity index (χ0) is 20.3. The van der Waals surface area contributed by atoms with Gasteiger partial charge in [-0.2, -0.15) is 0 Å². The van der Waals surface area contributed by atoms with Crippen molar-refractivity contribution >= 4 is 22.9 Å². The molecule has 1 amide bonds. The average molecular weight is 394 g/mol. The highest BCUT2D eigenvalue weighted by molar-refractivity contribution is 7.12. The average Bonchev–Trinajstić information content (AvgIpc) is 3.02. The number of aryl methyl sites for hydroxylation is 2. The number of carbonyl (C=O) groups is 1. The molecule has 0 saturated carbocycles. The zero-order valence-corrected chi connectivity index (χ0v) is 18.0. The molecule has 0 bridgehead atoms. The molecule has 0 aliphatic heterocycles. The van der Waals surface area contributed by atoms with Gasteiger partial charge in [-0.3, -0.25) is 4.79 Å². The Morgan fingerprint density at radius 1 is 0.964 bits per heavy atom. The van der Waals surface area contributed by atoms with Gasteiger partial charge in [0.2, 0.25) is 5.91 Å². The number of amides is 1. The van der Waals surface area contributed by atoms with Crippen molar-refractivity contribution < 1.29 is 4.79 Å². The number of aromatic nitrogens is 1. The molecule has 0 radical (unpaired) electrons. The fraction of sp³-hybridized carbons (Fsp3) is 0.304. The second kappa shape index (κ2) is 8.57. The van der Waals surface area contributed by atoms with Gasteiger partial charge in [0.25, 0.3) is 0 Å². The van der Waals surface area contributed by atoms with Crippen LogP contribution in [0.15, 0.2) is 48.5 Å². The molecule has 3 rings (SSSR count). The molecule has 0 aliphatic rings. The topological polar surface area (TPSA) is 36.4 Å². The van der Waals surface area contributed by atoms with E-state index < -0.39 is 0 Å². The van der Waals surface area contributed by atoms with Crippen molar-refractivity contribution in [2.45, 2.75) is 26.8 Å². The second-order valence-corrected chi connectivity index (χ2v) is 8.65. The van der Waals surface area contributed by atoms with E-state index in [2.05, 4.69) is 65.3 Å². The van der Waals surface area contributed by atoms with Gasteiger partial charge in [-0.05, 0) is 31.5 Å². The summed E-state index contributed by atoms with van der Waals surface area (Å²) in [7, 11) is 5.91. The van der Waals surface area contributed by atoms with Crippen molar-refractivity contribution in [1.29, 1.82) is 0 Å². The minimum atomic E-state index is 0.105. The van der Waals surface area contributed by atoms with Crippen molar-refractivity contribution in [3.8, 4) is 11.3 Å². The van der Waals surface area contributed by atoms with E-state index in [0.717, 1.165) is 32.4 Å². The predicted molar refractivity (Wildman–Crippen MR) is 118 cm³/mol. The summed E-state index contributed by atoms with van der Waals surface area (Å²) >= 11 is 1.61. The molecule has 28 heavy (non-hydrogen) atoms. The molecule has 3 aromatic rings. The molecule has 0 unspecified atom stereocenters. The van der Waals surface area contributed by atoms with E-state index in [1.54, 1.807) is 16.2 Å². The second-order valence-electron chi connectivity index (χ2n) is 7.36. The van der Waals surface area contributed by atoms with Crippen LogP contribution in [0, 0.1) is 13.8 Å². The Kier molecular flexibility index (Phi) is 6.15. The molecule has 1 aromatic heterocycles. The van der Waals surface area contributed by atoms with E-state index in [0.29, 0.717) is 13.0 Å². The quantitative estimate of drug-likeness (QED) is 0.609. The Balaban J connectivity index is 1.71. The van der Waals surface area contributed by atoms with Crippen LogP contribution >= 0.6 is 11.3 Å². The van der Waals surface area contributed by atoms with E-state index in [4.69, 9.17) is 0 Å². The number of anilines is 1. The lowest BCUT2D eigenvalue weighted by Crippen LogP contribution is -2.27. The molecule has 0 N–H and O–H groups in total. The summed E-state index contributed by atoms with van der Waals surface area (Å²) < 4.78 is 0. The molecular formula is C23H27N3OS. The number of thiazole rings is 1. The first kappa shape index (κ1) is 20.1. The van der Waals surface area contributed by atoms with Crippen LogP contribution in [0.25, 0.3) is 11.3 Å². The number of carbonyl (C=O) groups excluding carboxylic acids is 1. The Morgan fingerprint density at radius 2 is 1.61 bits per heavy atom. The molecular weight excluding hydrogens is 366 g/mol. The first-order valence-corrected chi connectivity index (χ1v) is 10.2. The fourth-order valence-corrected chi connectivity index (χ4v) is 4.01. The lowest BCUT2D eigenvalue weighted by Gasteiger charge is -2.18. The molecule has 0 aliphatic carbocycles. The third kappa shape index (κ3) is 4.78. The number of hydrogen-bond acceptors (Lipinski definition) is 4. The predicted octanol–water partition coefficient (Wildman–Crippen LogP) is 4.69. The van der Waals surface area contributed by atoms with Crippen LogP contribution in [0.1, 0.15) is 21.0 Å². The molecule has 0 fully saturated rings. The molecule has 2 aromatic carbocycles. The first-order valence-electron chi connectivity index (χ1n) is 9.37. The molecule has 5 heteroatoms. The molecule has 0 atom stereocenters. The van der Waals surface area contributed by atoms with Crippen LogP contribution in [0.5, 0.6) is 0 Å². The van der Waals surface area contributed by atoms with E-state index in [9.17, 15) is 4.79 Å². The van der Waals surface area contributed by atoms with Gasteiger partial charge in [0.15, 0.2) is 0 Å². The van der Waals surface area contributed by atoms with E-state index >= 15 is 0 Å². The van der Waals surface area contributed by atoms with E-state index in [1.807, 2.05) is 28.1 Å². The third-order valence-corrected chi connectivity index (χ3v) is 5.71. The maximum absolute atomic E-state index is 12.8. The van der Waals surface area contributed by atoms with Crippen LogP contribution in [0.3, 0.4) is 0 Å². The van der Waals surface area contributed by atoms with Crippen molar-refractivity contribution in [2.75, 3.05) is 26.0 Å². The Hall–Kier alpha value is -2.66. The van der Waals surface area contributed by atoms with E-state index in [-0.39, 0.29) is 5.91 Å². The standard InChI is InChI=1S/C23H27N3OS/c1-16-6-10-19(11-7-16)23-21(28-17(2)24-23)14-22(27)26(5)15-18-8-12-20(13-9-18)25(3)4/h6-13H,14-15H2,1-5H3. The van der Waals surface area contributed by atoms with E-state index in [1.165, 1.54) is 5.56 Å². The van der Waals surface area contributed by atoms with Crippen molar-refractivity contribution in [2.24, 2.45) is 0 Å². The Morgan fingerprint density at radius 3 is 2.21 bits per heavy atom. The number of rotatable bonds is 6. The molecule has 0 saturated heterocycles. The SMILES string of the molecule is Cc1ccc(-c2nc(C)sc2CC(=O)N(C)Cc2ccc(N(C)C)cc2)cc1. The highest BCUT2D eigenvalue weighted by atomic mass is 32.1. The van der Waals surface area contributed by atoms with Gasteiger partial charge in [0.05, 0.1) is 17.1 Å². The zero-order valence-electron chi connectivity index (χ0n) is 17.2. The van der Waals surface area contributed by atoms with Crippen LogP contribution in [0.4, 0.5) is 5.69 Å². The molecule has 146 valence electrons. The maximum Gasteiger partial charge on any atom is 0.227 e. The number of likely N-dealkylation sites (N-methyl/N-ethyl adjacent to an activating group) is 1. The largest absolute Gasteiger partial charge is 0.378 e. The van der Waals surface area contributed by atoms with Crippen LogP contribution in [0.2, 0.25) is 0 Å². The van der Waals surface area contributed by atoms with Gasteiger partial charge >= 0.3 is 0 Å². The van der Waals surface area contributed by atoms with Crippen molar-refractivity contribution in [1.82, 2.24) is 9.88 Å². The Bertz CT molecular complexity index is 943. The fourth-order valence-electron chi connectivity index (χ4n) is 3.06. The van der Waals surface area contributed by atoms with Gasteiger partial charge in [-0.25, -0.2) is 4.98 Å². The van der Waals surface area contributed by atoms with Crippen LogP contribution < -0.4 is 4.90 Å². The van der Waals surface area contributed by atoms with Gasteiger partial charge in [-0.1, -0.05) is 42.0 Å². The summed E-state index contributed by atoms with van der Waals surface area (Å²) in [5.41, 5.74) is 5.49.